The zero-order valence-electron chi connectivity index (χ0n) is 6.63. The van der Waals surface area contributed by atoms with Gasteiger partial charge in [-0.1, -0.05) is 5.92 Å². The van der Waals surface area contributed by atoms with Crippen LogP contribution in [-0.4, -0.2) is 32.2 Å². The molecule has 3 nitrogen and oxygen atoms in total. The molecule has 0 heterocycles. The fraction of sp³-hybridized carbons (Fsp3) is 0.625. The van der Waals surface area contributed by atoms with Crippen LogP contribution in [0.5, 0.6) is 0 Å². The van der Waals surface area contributed by atoms with Crippen LogP contribution in [0.2, 0.25) is 0 Å². The summed E-state index contributed by atoms with van der Waals surface area (Å²) in [5, 5.41) is 0. The molecule has 0 aliphatic carbocycles. The van der Waals surface area contributed by atoms with Crippen LogP contribution >= 0.6 is 0 Å². The summed E-state index contributed by atoms with van der Waals surface area (Å²) in [6.07, 6.45) is 4.92. The molecule has 0 fully saturated rings. The number of hydrogen-bond donors (Lipinski definition) is 0. The van der Waals surface area contributed by atoms with Crippen molar-refractivity contribution in [1.82, 2.24) is 0 Å². The lowest BCUT2D eigenvalue weighted by Gasteiger charge is -2.00. The van der Waals surface area contributed by atoms with Crippen molar-refractivity contribution in [3.05, 3.63) is 0 Å². The maximum Gasteiger partial charge on any atom is 0.155 e. The number of ether oxygens (including phenoxy) is 2. The second-order valence-electron chi connectivity index (χ2n) is 2.01. The third-order valence-corrected chi connectivity index (χ3v) is 0.863. The zero-order valence-corrected chi connectivity index (χ0v) is 6.63. The van der Waals surface area contributed by atoms with E-state index in [1.807, 2.05) is 0 Å². The Bertz CT molecular complexity index is 146. The Balaban J connectivity index is 2.92. The molecule has 3 heteroatoms. The minimum atomic E-state index is 0.0157. The molecule has 0 rings (SSSR count). The molecule has 62 valence electrons. The first-order valence-corrected chi connectivity index (χ1v) is 3.35. The molecule has 0 aromatic heterocycles. The van der Waals surface area contributed by atoms with Crippen LogP contribution in [0, 0.1) is 12.3 Å². The summed E-state index contributed by atoms with van der Waals surface area (Å²) < 4.78 is 9.79. The molecule has 0 spiro atoms. The highest BCUT2D eigenvalue weighted by Gasteiger charge is 1.91. The highest BCUT2D eigenvalue weighted by Crippen LogP contribution is 1.78. The fourth-order valence-corrected chi connectivity index (χ4v) is 0.465. The van der Waals surface area contributed by atoms with E-state index < -0.39 is 0 Å². The largest absolute Gasteiger partial charge is 0.371 e. The van der Waals surface area contributed by atoms with Crippen LogP contribution in [0.25, 0.3) is 0 Å². The Morgan fingerprint density at radius 3 is 2.64 bits per heavy atom. The van der Waals surface area contributed by atoms with Crippen molar-refractivity contribution in [3.8, 4) is 12.3 Å². The summed E-state index contributed by atoms with van der Waals surface area (Å²) >= 11 is 0. The molecular weight excluding hydrogens is 144 g/mol. The van der Waals surface area contributed by atoms with Crippen LogP contribution in [0.4, 0.5) is 0 Å². The molecular formula is C8H12O3. The molecule has 0 radical (unpaired) electrons. The Labute approximate surface area is 66.7 Å². The summed E-state index contributed by atoms with van der Waals surface area (Å²) in [5.74, 6) is 2.34. The summed E-state index contributed by atoms with van der Waals surface area (Å²) in [4.78, 5) is 10.3. The first-order valence-electron chi connectivity index (χ1n) is 3.35. The van der Waals surface area contributed by atoms with E-state index in [4.69, 9.17) is 15.9 Å². The minimum absolute atomic E-state index is 0.0157. The van der Waals surface area contributed by atoms with Crippen LogP contribution < -0.4 is 0 Å². The van der Waals surface area contributed by atoms with Gasteiger partial charge in [-0.15, -0.1) is 6.42 Å². The van der Waals surface area contributed by atoms with Crippen molar-refractivity contribution < 1.29 is 14.3 Å². The normalized spacial score (nSPS) is 9.09. The van der Waals surface area contributed by atoms with Gasteiger partial charge in [0.2, 0.25) is 0 Å². The van der Waals surface area contributed by atoms with E-state index in [0.717, 1.165) is 0 Å². The van der Waals surface area contributed by atoms with Gasteiger partial charge in [0.1, 0.15) is 13.2 Å². The first-order chi connectivity index (χ1) is 5.27. The Hall–Kier alpha value is -0.850. The maximum atomic E-state index is 10.3. The molecule has 0 saturated heterocycles. The molecule has 0 amide bonds. The van der Waals surface area contributed by atoms with Crippen molar-refractivity contribution in [1.29, 1.82) is 0 Å². The zero-order chi connectivity index (χ0) is 8.53. The van der Waals surface area contributed by atoms with Gasteiger partial charge in [-0.2, -0.15) is 0 Å². The highest BCUT2D eigenvalue weighted by atomic mass is 16.5. The van der Waals surface area contributed by atoms with E-state index in [1.165, 1.54) is 6.92 Å². The van der Waals surface area contributed by atoms with Crippen molar-refractivity contribution in [2.45, 2.75) is 6.92 Å². The van der Waals surface area contributed by atoms with Crippen molar-refractivity contribution in [3.63, 3.8) is 0 Å². The van der Waals surface area contributed by atoms with Crippen molar-refractivity contribution in [2.75, 3.05) is 26.4 Å². The Morgan fingerprint density at radius 2 is 2.09 bits per heavy atom. The van der Waals surface area contributed by atoms with Crippen LogP contribution in [0.3, 0.4) is 0 Å². The fourth-order valence-electron chi connectivity index (χ4n) is 0.465. The quantitative estimate of drug-likeness (QED) is 0.408. The highest BCUT2D eigenvalue weighted by molar-refractivity contribution is 5.76. The molecule has 0 bridgehead atoms. The third kappa shape index (κ3) is 9.15. The van der Waals surface area contributed by atoms with Crippen LogP contribution in [-0.2, 0) is 14.3 Å². The number of Topliss-reactive ketones (excluding diaryl/α,β-unsaturated/α-hetero) is 1. The average Bonchev–Trinajstić information content (AvgIpc) is 1.96. The maximum absolute atomic E-state index is 10.3. The number of carbonyl (C=O) groups excluding carboxylic acids is 1. The van der Waals surface area contributed by atoms with Gasteiger partial charge in [0, 0.05) is 0 Å². The Kier molecular flexibility index (Phi) is 6.70. The third-order valence-electron chi connectivity index (χ3n) is 0.863. The summed E-state index contributed by atoms with van der Waals surface area (Å²) in [7, 11) is 0. The van der Waals surface area contributed by atoms with Crippen molar-refractivity contribution in [2.24, 2.45) is 0 Å². The van der Waals surface area contributed by atoms with Crippen LogP contribution in [0.15, 0.2) is 0 Å². The van der Waals surface area contributed by atoms with E-state index >= 15 is 0 Å². The van der Waals surface area contributed by atoms with E-state index in [1.54, 1.807) is 0 Å². The molecule has 0 saturated carbocycles. The van der Waals surface area contributed by atoms with E-state index in [2.05, 4.69) is 5.92 Å². The molecule has 0 atom stereocenters. The smallest absolute Gasteiger partial charge is 0.155 e. The molecule has 0 N–H and O–H groups in total. The van der Waals surface area contributed by atoms with Gasteiger partial charge in [-0.25, -0.2) is 0 Å². The van der Waals surface area contributed by atoms with E-state index in [0.29, 0.717) is 19.8 Å². The molecule has 0 aromatic rings. The van der Waals surface area contributed by atoms with Gasteiger partial charge in [0.05, 0.1) is 13.2 Å². The summed E-state index contributed by atoms with van der Waals surface area (Å²) in [6, 6.07) is 0. The topological polar surface area (TPSA) is 35.5 Å². The lowest BCUT2D eigenvalue weighted by Crippen LogP contribution is -2.09. The molecule has 0 aliphatic rings. The molecule has 0 aromatic carbocycles. The predicted molar refractivity (Wildman–Crippen MR) is 41.2 cm³/mol. The van der Waals surface area contributed by atoms with Crippen LogP contribution in [0.1, 0.15) is 6.92 Å². The average molecular weight is 156 g/mol. The number of carbonyl (C=O) groups is 1. The SMILES string of the molecule is C#CCOCCOCC(C)=O. The van der Waals surface area contributed by atoms with Gasteiger partial charge in [0.15, 0.2) is 5.78 Å². The summed E-state index contributed by atoms with van der Waals surface area (Å²) in [5.41, 5.74) is 0. The van der Waals surface area contributed by atoms with Gasteiger partial charge in [0.25, 0.3) is 0 Å². The number of hydrogen-bond acceptors (Lipinski definition) is 3. The number of terminal acetylenes is 1. The monoisotopic (exact) mass is 156 g/mol. The van der Waals surface area contributed by atoms with Crippen molar-refractivity contribution >= 4 is 5.78 Å². The van der Waals surface area contributed by atoms with Gasteiger partial charge < -0.3 is 9.47 Å². The second-order valence-corrected chi connectivity index (χ2v) is 2.01. The van der Waals surface area contributed by atoms with E-state index in [9.17, 15) is 4.79 Å². The van der Waals surface area contributed by atoms with E-state index in [-0.39, 0.29) is 12.4 Å². The summed E-state index contributed by atoms with van der Waals surface area (Å²) in [6.45, 7) is 2.78. The Morgan fingerprint density at radius 1 is 1.45 bits per heavy atom. The molecule has 0 unspecified atom stereocenters. The standard InChI is InChI=1S/C8H12O3/c1-3-4-10-5-6-11-7-8(2)9/h1H,4-7H2,2H3. The first kappa shape index (κ1) is 10.2. The number of ketones is 1. The second kappa shape index (κ2) is 7.26. The van der Waals surface area contributed by atoms with Gasteiger partial charge >= 0.3 is 0 Å². The lowest BCUT2D eigenvalue weighted by molar-refractivity contribution is -0.121. The number of rotatable bonds is 6. The van der Waals surface area contributed by atoms with Gasteiger partial charge in [-0.3, -0.25) is 4.79 Å². The van der Waals surface area contributed by atoms with Gasteiger partial charge in [-0.05, 0) is 6.92 Å². The lowest BCUT2D eigenvalue weighted by atomic mass is 10.5. The molecule has 11 heavy (non-hydrogen) atoms. The molecule has 0 aliphatic heterocycles. The minimum Gasteiger partial charge on any atom is -0.371 e. The predicted octanol–water partition coefficient (Wildman–Crippen LogP) is 0.242.